The zero-order chi connectivity index (χ0) is 13.2. The number of benzene rings is 1. The average Bonchev–Trinajstić information content (AvgIpc) is 2.93. The molecule has 3 nitrogen and oxygen atoms in total. The van der Waals surface area contributed by atoms with Gasteiger partial charge in [0.15, 0.2) is 0 Å². The van der Waals surface area contributed by atoms with Gasteiger partial charge in [-0.15, -0.1) is 0 Å². The van der Waals surface area contributed by atoms with Crippen molar-refractivity contribution in [2.45, 2.75) is 18.8 Å². The largest absolute Gasteiger partial charge is 0.342 e. The molecule has 0 amide bonds. The van der Waals surface area contributed by atoms with E-state index < -0.39 is 5.82 Å². The predicted octanol–water partition coefficient (Wildman–Crippen LogP) is 3.34. The van der Waals surface area contributed by atoms with E-state index in [0.29, 0.717) is 5.92 Å². The Morgan fingerprint density at radius 3 is 2.79 bits per heavy atom. The number of piperidine rings is 1. The van der Waals surface area contributed by atoms with Gasteiger partial charge in [-0.3, -0.25) is 0 Å². The number of hydrogen-bond acceptors (Lipinski definition) is 2. The molecule has 1 aliphatic heterocycles. The number of H-pyrrole nitrogens is 1. The van der Waals surface area contributed by atoms with E-state index in [9.17, 15) is 4.39 Å². The van der Waals surface area contributed by atoms with Crippen molar-refractivity contribution in [1.82, 2.24) is 15.3 Å². The lowest BCUT2D eigenvalue weighted by atomic mass is 9.98. The third-order valence-corrected chi connectivity index (χ3v) is 3.84. The molecule has 1 fully saturated rings. The number of aromatic nitrogens is 2. The molecule has 0 saturated carbocycles. The molecule has 0 spiro atoms. The lowest BCUT2D eigenvalue weighted by Gasteiger charge is -2.20. The number of nitrogens with one attached hydrogen (secondary N) is 2. The Kier molecular flexibility index (Phi) is 3.53. The molecule has 5 heteroatoms. The maximum atomic E-state index is 13.1. The molecule has 1 aromatic heterocycles. The average molecular weight is 280 g/mol. The van der Waals surface area contributed by atoms with Crippen LogP contribution in [0.15, 0.2) is 24.4 Å². The molecule has 1 saturated heterocycles. The van der Waals surface area contributed by atoms with E-state index in [-0.39, 0.29) is 5.02 Å². The van der Waals surface area contributed by atoms with Gasteiger partial charge < -0.3 is 10.3 Å². The number of rotatable bonds is 2. The Morgan fingerprint density at radius 1 is 1.26 bits per heavy atom. The first-order valence-electron chi connectivity index (χ1n) is 6.45. The van der Waals surface area contributed by atoms with Crippen LogP contribution in [0.1, 0.15) is 24.6 Å². The summed E-state index contributed by atoms with van der Waals surface area (Å²) in [7, 11) is 0. The van der Waals surface area contributed by atoms with Gasteiger partial charge >= 0.3 is 0 Å². The Balaban J connectivity index is 1.85. The quantitative estimate of drug-likeness (QED) is 0.885. The maximum absolute atomic E-state index is 13.1. The summed E-state index contributed by atoms with van der Waals surface area (Å²) in [6.45, 7) is 2.06. The highest BCUT2D eigenvalue weighted by molar-refractivity contribution is 6.31. The fraction of sp³-hybridized carbons (Fsp3) is 0.357. The van der Waals surface area contributed by atoms with Crippen molar-refractivity contribution >= 4 is 11.6 Å². The number of nitrogens with zero attached hydrogens (tertiary/aromatic N) is 1. The molecule has 2 N–H and O–H groups in total. The minimum Gasteiger partial charge on any atom is -0.342 e. The van der Waals surface area contributed by atoms with Crippen LogP contribution in [0.4, 0.5) is 4.39 Å². The molecule has 0 radical (unpaired) electrons. The Hall–Kier alpha value is -1.39. The smallest absolute Gasteiger partial charge is 0.141 e. The first kappa shape index (κ1) is 12.6. The number of imidazole rings is 1. The van der Waals surface area contributed by atoms with Crippen molar-refractivity contribution in [3.63, 3.8) is 0 Å². The third kappa shape index (κ3) is 2.65. The summed E-state index contributed by atoms with van der Waals surface area (Å²) < 4.78 is 13.1. The highest BCUT2D eigenvalue weighted by Gasteiger charge is 2.18. The first-order chi connectivity index (χ1) is 9.24. The normalized spacial score (nSPS) is 16.7. The second kappa shape index (κ2) is 5.31. The summed E-state index contributed by atoms with van der Waals surface area (Å²) in [4.78, 5) is 7.77. The second-order valence-corrected chi connectivity index (χ2v) is 5.24. The zero-order valence-electron chi connectivity index (χ0n) is 10.4. The highest BCUT2D eigenvalue weighted by Crippen LogP contribution is 2.27. The monoisotopic (exact) mass is 279 g/mol. The van der Waals surface area contributed by atoms with Crippen molar-refractivity contribution in [2.75, 3.05) is 13.1 Å². The molecular weight excluding hydrogens is 265 g/mol. The molecule has 1 aliphatic rings. The van der Waals surface area contributed by atoms with E-state index in [1.165, 1.54) is 6.07 Å². The lowest BCUT2D eigenvalue weighted by Crippen LogP contribution is -2.27. The van der Waals surface area contributed by atoms with Crippen LogP contribution in [-0.4, -0.2) is 23.1 Å². The Labute approximate surface area is 116 Å². The minimum absolute atomic E-state index is 0.135. The van der Waals surface area contributed by atoms with Crippen molar-refractivity contribution < 1.29 is 4.39 Å². The van der Waals surface area contributed by atoms with Gasteiger partial charge in [-0.25, -0.2) is 9.37 Å². The number of aromatic amines is 1. The topological polar surface area (TPSA) is 40.7 Å². The lowest BCUT2D eigenvalue weighted by molar-refractivity contribution is 0.447. The van der Waals surface area contributed by atoms with Crippen LogP contribution in [0, 0.1) is 5.82 Å². The Morgan fingerprint density at radius 2 is 2.05 bits per heavy atom. The van der Waals surface area contributed by atoms with Gasteiger partial charge in [-0.1, -0.05) is 11.6 Å². The number of hydrogen-bond donors (Lipinski definition) is 2. The van der Waals surface area contributed by atoms with Gasteiger partial charge in [-0.05, 0) is 44.1 Å². The standard InChI is InChI=1S/C14H15ClFN3/c15-11-7-10(1-2-12(11)16)13-8-18-14(19-13)9-3-5-17-6-4-9/h1-2,7-9,17H,3-6H2,(H,18,19). The van der Waals surface area contributed by atoms with Crippen LogP contribution >= 0.6 is 11.6 Å². The van der Waals surface area contributed by atoms with E-state index in [0.717, 1.165) is 43.0 Å². The molecule has 1 aromatic carbocycles. The van der Waals surface area contributed by atoms with E-state index >= 15 is 0 Å². The van der Waals surface area contributed by atoms with Crippen LogP contribution in [-0.2, 0) is 0 Å². The fourth-order valence-electron chi connectivity index (χ4n) is 2.45. The summed E-state index contributed by atoms with van der Waals surface area (Å²) in [6.07, 6.45) is 3.98. The van der Waals surface area contributed by atoms with Crippen LogP contribution in [0.25, 0.3) is 11.3 Å². The molecule has 0 unspecified atom stereocenters. The molecular formula is C14H15ClFN3. The van der Waals surface area contributed by atoms with Crippen LogP contribution in [0.5, 0.6) is 0 Å². The summed E-state index contributed by atoms with van der Waals surface area (Å²) >= 11 is 5.80. The molecule has 0 aliphatic carbocycles. The molecule has 100 valence electrons. The SMILES string of the molecule is Fc1ccc(-c2cnc(C3CCNCC3)[nH]2)cc1Cl. The molecule has 0 bridgehead atoms. The minimum atomic E-state index is -0.400. The fourth-order valence-corrected chi connectivity index (χ4v) is 2.63. The van der Waals surface area contributed by atoms with Gasteiger partial charge in [0.2, 0.25) is 0 Å². The van der Waals surface area contributed by atoms with Crippen molar-refractivity contribution in [3.8, 4) is 11.3 Å². The maximum Gasteiger partial charge on any atom is 0.141 e. The van der Waals surface area contributed by atoms with Crippen molar-refractivity contribution in [1.29, 1.82) is 0 Å². The van der Waals surface area contributed by atoms with Crippen molar-refractivity contribution in [3.05, 3.63) is 41.1 Å². The zero-order valence-corrected chi connectivity index (χ0v) is 11.2. The molecule has 2 aromatic rings. The van der Waals surface area contributed by atoms with E-state index in [1.807, 2.05) is 0 Å². The van der Waals surface area contributed by atoms with Crippen LogP contribution in [0.2, 0.25) is 5.02 Å². The Bertz CT molecular complexity index is 576. The van der Waals surface area contributed by atoms with Gasteiger partial charge in [-0.2, -0.15) is 0 Å². The second-order valence-electron chi connectivity index (χ2n) is 4.84. The predicted molar refractivity (Wildman–Crippen MR) is 73.8 cm³/mol. The van der Waals surface area contributed by atoms with Gasteiger partial charge in [0.1, 0.15) is 11.6 Å². The molecule has 3 rings (SSSR count). The van der Waals surface area contributed by atoms with E-state index in [1.54, 1.807) is 18.3 Å². The summed E-state index contributed by atoms with van der Waals surface area (Å²) in [5.41, 5.74) is 1.74. The highest BCUT2D eigenvalue weighted by atomic mass is 35.5. The van der Waals surface area contributed by atoms with Crippen LogP contribution < -0.4 is 5.32 Å². The number of halogens is 2. The van der Waals surface area contributed by atoms with Gasteiger partial charge in [0.25, 0.3) is 0 Å². The van der Waals surface area contributed by atoms with E-state index in [2.05, 4.69) is 15.3 Å². The van der Waals surface area contributed by atoms with Crippen molar-refractivity contribution in [2.24, 2.45) is 0 Å². The molecule has 2 heterocycles. The third-order valence-electron chi connectivity index (χ3n) is 3.55. The van der Waals surface area contributed by atoms with E-state index in [4.69, 9.17) is 11.6 Å². The van der Waals surface area contributed by atoms with Gasteiger partial charge in [0, 0.05) is 11.5 Å². The molecule has 0 atom stereocenters. The van der Waals surface area contributed by atoms with Crippen LogP contribution in [0.3, 0.4) is 0 Å². The molecule has 19 heavy (non-hydrogen) atoms. The summed E-state index contributed by atoms with van der Waals surface area (Å²) in [5.74, 6) is 1.09. The first-order valence-corrected chi connectivity index (χ1v) is 6.83. The summed E-state index contributed by atoms with van der Waals surface area (Å²) in [6, 6.07) is 4.71. The van der Waals surface area contributed by atoms with Gasteiger partial charge in [0.05, 0.1) is 16.9 Å². The summed E-state index contributed by atoms with van der Waals surface area (Å²) in [5, 5.41) is 3.47.